The maximum Gasteiger partial charge on any atom is 0.0764 e. The van der Waals surface area contributed by atoms with Crippen LogP contribution in [-0.2, 0) is 6.54 Å². The molecule has 0 radical (unpaired) electrons. The molecule has 17 heavy (non-hydrogen) atoms. The predicted octanol–water partition coefficient (Wildman–Crippen LogP) is 3.21. The van der Waals surface area contributed by atoms with Crippen LogP contribution >= 0.6 is 15.9 Å². The fraction of sp³-hybridized carbons (Fsp3) is 0.769. The van der Waals surface area contributed by atoms with E-state index in [0.29, 0.717) is 10.9 Å². The number of halogens is 1. The molecule has 0 spiro atoms. The molecule has 2 rings (SSSR count). The summed E-state index contributed by atoms with van der Waals surface area (Å²) in [5.74, 6) is 0. The minimum Gasteiger partial charge on any atom is -0.296 e. The molecule has 1 unspecified atom stereocenters. The summed E-state index contributed by atoms with van der Waals surface area (Å²) in [7, 11) is 0. The molecule has 0 aliphatic carbocycles. The molecule has 3 nitrogen and oxygen atoms in total. The molecule has 0 amide bonds. The van der Waals surface area contributed by atoms with Gasteiger partial charge in [0, 0.05) is 24.1 Å². The Balaban J connectivity index is 1.94. The van der Waals surface area contributed by atoms with Crippen LogP contribution in [0.2, 0.25) is 0 Å². The van der Waals surface area contributed by atoms with Crippen molar-refractivity contribution in [3.05, 3.63) is 18.0 Å². The number of hydrogen-bond acceptors (Lipinski definition) is 2. The topological polar surface area (TPSA) is 21.1 Å². The molecule has 2 heterocycles. The van der Waals surface area contributed by atoms with Crippen LogP contribution < -0.4 is 0 Å². The molecule has 4 heteroatoms. The zero-order valence-electron chi connectivity index (χ0n) is 10.8. The third kappa shape index (κ3) is 3.32. The highest BCUT2D eigenvalue weighted by molar-refractivity contribution is 9.09. The molecule has 1 fully saturated rings. The molecule has 0 N–H and O–H groups in total. The molecule has 1 saturated heterocycles. The summed E-state index contributed by atoms with van der Waals surface area (Å²) >= 11 is 3.68. The van der Waals surface area contributed by atoms with E-state index in [1.165, 1.54) is 18.7 Å². The van der Waals surface area contributed by atoms with E-state index in [4.69, 9.17) is 5.10 Å². The van der Waals surface area contributed by atoms with Gasteiger partial charge in [0.15, 0.2) is 0 Å². The van der Waals surface area contributed by atoms with Crippen molar-refractivity contribution in [1.82, 2.24) is 14.7 Å². The lowest BCUT2D eigenvalue weighted by molar-refractivity contribution is 0.323. The molecule has 96 valence electrons. The summed E-state index contributed by atoms with van der Waals surface area (Å²) < 4.78 is 2.14. The monoisotopic (exact) mass is 299 g/mol. The van der Waals surface area contributed by atoms with Crippen molar-refractivity contribution < 1.29 is 0 Å². The molecule has 1 aliphatic rings. The van der Waals surface area contributed by atoms with Crippen LogP contribution in [0.25, 0.3) is 0 Å². The summed E-state index contributed by atoms with van der Waals surface area (Å²) in [4.78, 5) is 3.14. The SMILES string of the molecule is CCC(CC)n1ccc(CN2CCC(Br)C2)n1. The van der Waals surface area contributed by atoms with Gasteiger partial charge in [-0.25, -0.2) is 0 Å². The summed E-state index contributed by atoms with van der Waals surface area (Å²) in [5, 5.41) is 4.70. The quantitative estimate of drug-likeness (QED) is 0.779. The summed E-state index contributed by atoms with van der Waals surface area (Å²) in [5.41, 5.74) is 1.21. The van der Waals surface area contributed by atoms with Crippen molar-refractivity contribution in [2.24, 2.45) is 0 Å². The lowest BCUT2D eigenvalue weighted by Gasteiger charge is -2.14. The lowest BCUT2D eigenvalue weighted by atomic mass is 10.2. The average molecular weight is 300 g/mol. The first-order valence-corrected chi connectivity index (χ1v) is 7.55. The molecule has 1 aliphatic heterocycles. The first-order valence-electron chi connectivity index (χ1n) is 6.63. The Morgan fingerprint density at radius 1 is 1.47 bits per heavy atom. The fourth-order valence-electron chi connectivity index (χ4n) is 2.49. The van der Waals surface area contributed by atoms with E-state index in [1.54, 1.807) is 0 Å². The van der Waals surface area contributed by atoms with Gasteiger partial charge in [0.1, 0.15) is 0 Å². The van der Waals surface area contributed by atoms with E-state index in [0.717, 1.165) is 25.9 Å². The zero-order chi connectivity index (χ0) is 12.3. The number of likely N-dealkylation sites (tertiary alicyclic amines) is 1. The van der Waals surface area contributed by atoms with Crippen molar-refractivity contribution >= 4 is 15.9 Å². The van der Waals surface area contributed by atoms with Gasteiger partial charge in [-0.2, -0.15) is 5.10 Å². The fourth-order valence-corrected chi connectivity index (χ4v) is 3.10. The van der Waals surface area contributed by atoms with Crippen LogP contribution in [0.15, 0.2) is 12.3 Å². The first kappa shape index (κ1) is 13.1. The summed E-state index contributed by atoms with van der Waals surface area (Å²) in [6.07, 6.45) is 5.71. The van der Waals surface area contributed by atoms with Crippen LogP contribution in [0, 0.1) is 0 Å². The molecule has 0 aromatic carbocycles. The second-order valence-corrected chi connectivity index (χ2v) is 6.17. The molecule has 0 saturated carbocycles. The van der Waals surface area contributed by atoms with E-state index in [-0.39, 0.29) is 0 Å². The van der Waals surface area contributed by atoms with Gasteiger partial charge in [0.05, 0.1) is 11.7 Å². The maximum atomic E-state index is 4.70. The lowest BCUT2D eigenvalue weighted by Crippen LogP contribution is -2.20. The Labute approximate surface area is 112 Å². The van der Waals surface area contributed by atoms with Gasteiger partial charge in [0.2, 0.25) is 0 Å². The average Bonchev–Trinajstić information content (AvgIpc) is 2.91. The molecule has 1 atom stereocenters. The van der Waals surface area contributed by atoms with Gasteiger partial charge in [0.25, 0.3) is 0 Å². The number of hydrogen-bond donors (Lipinski definition) is 0. The molecule has 1 aromatic heterocycles. The van der Waals surface area contributed by atoms with Crippen molar-refractivity contribution in [3.8, 4) is 0 Å². The Kier molecular flexibility index (Phi) is 4.62. The second kappa shape index (κ2) is 6.01. The van der Waals surface area contributed by atoms with Gasteiger partial charge in [-0.1, -0.05) is 29.8 Å². The van der Waals surface area contributed by atoms with Gasteiger partial charge in [-0.15, -0.1) is 0 Å². The first-order chi connectivity index (χ1) is 8.22. The number of nitrogens with zero attached hydrogens (tertiary/aromatic N) is 3. The molecule has 0 bridgehead atoms. The van der Waals surface area contributed by atoms with Gasteiger partial charge in [-0.3, -0.25) is 9.58 Å². The number of rotatable bonds is 5. The number of alkyl halides is 1. The normalized spacial score (nSPS) is 21.5. The smallest absolute Gasteiger partial charge is 0.0764 e. The third-order valence-electron chi connectivity index (χ3n) is 3.58. The largest absolute Gasteiger partial charge is 0.296 e. The van der Waals surface area contributed by atoms with Gasteiger partial charge >= 0.3 is 0 Å². The predicted molar refractivity (Wildman–Crippen MR) is 74.5 cm³/mol. The van der Waals surface area contributed by atoms with E-state index in [2.05, 4.69) is 51.6 Å². The van der Waals surface area contributed by atoms with Crippen LogP contribution in [0.4, 0.5) is 0 Å². The van der Waals surface area contributed by atoms with E-state index < -0.39 is 0 Å². The standard InChI is InChI=1S/C13H22BrN3/c1-3-13(4-2)17-8-6-12(15-17)10-16-7-5-11(14)9-16/h6,8,11,13H,3-5,7,9-10H2,1-2H3. The maximum absolute atomic E-state index is 4.70. The van der Waals surface area contributed by atoms with E-state index in [1.807, 2.05) is 0 Å². The highest BCUT2D eigenvalue weighted by Gasteiger charge is 2.20. The van der Waals surface area contributed by atoms with Crippen LogP contribution in [0.5, 0.6) is 0 Å². The summed E-state index contributed by atoms with van der Waals surface area (Å²) in [6, 6.07) is 2.73. The van der Waals surface area contributed by atoms with Crippen LogP contribution in [0.1, 0.15) is 44.8 Å². The Morgan fingerprint density at radius 2 is 2.24 bits per heavy atom. The van der Waals surface area contributed by atoms with Crippen LogP contribution in [-0.4, -0.2) is 32.6 Å². The number of aromatic nitrogens is 2. The molecular weight excluding hydrogens is 278 g/mol. The zero-order valence-corrected chi connectivity index (χ0v) is 12.4. The third-order valence-corrected chi connectivity index (χ3v) is 4.33. The highest BCUT2D eigenvalue weighted by Crippen LogP contribution is 2.19. The van der Waals surface area contributed by atoms with Crippen molar-refractivity contribution in [1.29, 1.82) is 0 Å². The van der Waals surface area contributed by atoms with E-state index >= 15 is 0 Å². The Bertz CT molecular complexity index is 346. The molecule has 1 aromatic rings. The summed E-state index contributed by atoms with van der Waals surface area (Å²) in [6.45, 7) is 7.79. The van der Waals surface area contributed by atoms with Crippen LogP contribution in [0.3, 0.4) is 0 Å². The van der Waals surface area contributed by atoms with Crippen molar-refractivity contribution in [2.45, 2.75) is 50.5 Å². The Morgan fingerprint density at radius 3 is 2.82 bits per heavy atom. The molecular formula is C13H22BrN3. The second-order valence-electron chi connectivity index (χ2n) is 4.88. The highest BCUT2D eigenvalue weighted by atomic mass is 79.9. The van der Waals surface area contributed by atoms with Gasteiger partial charge < -0.3 is 0 Å². The van der Waals surface area contributed by atoms with E-state index in [9.17, 15) is 0 Å². The van der Waals surface area contributed by atoms with Crippen molar-refractivity contribution in [2.75, 3.05) is 13.1 Å². The minimum absolute atomic E-state index is 0.561. The Hall–Kier alpha value is -0.350. The van der Waals surface area contributed by atoms with Crippen molar-refractivity contribution in [3.63, 3.8) is 0 Å². The minimum atomic E-state index is 0.561. The van der Waals surface area contributed by atoms with Gasteiger partial charge in [-0.05, 0) is 31.9 Å².